The highest BCUT2D eigenvalue weighted by Gasteiger charge is 1.95. The summed E-state index contributed by atoms with van der Waals surface area (Å²) in [5, 5.41) is 12.5. The summed E-state index contributed by atoms with van der Waals surface area (Å²) in [6.07, 6.45) is 4.22. The van der Waals surface area contributed by atoms with Crippen molar-refractivity contribution in [1.29, 1.82) is 5.26 Å². The maximum Gasteiger partial charge on any atom is 0.102 e. The molecule has 0 saturated carbocycles. The molecule has 0 spiro atoms. The summed E-state index contributed by atoms with van der Waals surface area (Å²) < 4.78 is 1.76. The van der Waals surface area contributed by atoms with Crippen molar-refractivity contribution < 1.29 is 0 Å². The second kappa shape index (κ2) is 3.72. The summed E-state index contributed by atoms with van der Waals surface area (Å²) in [7, 11) is 0. The number of nitriles is 1. The van der Waals surface area contributed by atoms with Gasteiger partial charge in [-0.25, -0.2) is 0 Å². The van der Waals surface area contributed by atoms with Gasteiger partial charge in [0.05, 0.1) is 11.8 Å². The van der Waals surface area contributed by atoms with Gasteiger partial charge in [0.15, 0.2) is 0 Å². The van der Waals surface area contributed by atoms with E-state index in [-0.39, 0.29) is 0 Å². The van der Waals surface area contributed by atoms with Gasteiger partial charge in [0.2, 0.25) is 0 Å². The van der Waals surface area contributed by atoms with Crippen LogP contribution in [0.15, 0.2) is 24.5 Å². The molecule has 0 aromatic carbocycles. The number of hydrogen-bond donors (Lipinski definition) is 0. The van der Waals surface area contributed by atoms with Crippen molar-refractivity contribution in [2.24, 2.45) is 0 Å². The molecule has 1 heterocycles. The zero-order valence-electron chi connectivity index (χ0n) is 7.12. The van der Waals surface area contributed by atoms with Crippen LogP contribution in [0.1, 0.15) is 18.9 Å². The van der Waals surface area contributed by atoms with E-state index in [2.05, 4.69) is 11.7 Å². The largest absolute Gasteiger partial charge is 0.271 e. The van der Waals surface area contributed by atoms with E-state index in [9.17, 15) is 0 Å². The molecule has 0 aliphatic rings. The molecule has 0 atom stereocenters. The Morgan fingerprint density at radius 1 is 1.83 bits per heavy atom. The summed E-state index contributed by atoms with van der Waals surface area (Å²) in [5.74, 6) is 0. The average Bonchev–Trinajstić information content (AvgIpc) is 2.48. The van der Waals surface area contributed by atoms with Crippen LogP contribution in [0.3, 0.4) is 0 Å². The van der Waals surface area contributed by atoms with Gasteiger partial charge in [-0.2, -0.15) is 10.4 Å². The van der Waals surface area contributed by atoms with Crippen LogP contribution in [0.4, 0.5) is 0 Å². The number of aromatic nitrogens is 2. The molecule has 0 bridgehead atoms. The molecular formula is C9H11N3. The molecule has 12 heavy (non-hydrogen) atoms. The standard InChI is InChI=1S/C9H11N3/c1-8(2)3-4-12-7-9(5-10)6-11-12/h6-7H,1,3-4H2,2H3. The van der Waals surface area contributed by atoms with E-state index in [1.807, 2.05) is 13.0 Å². The Hall–Kier alpha value is -1.56. The molecule has 0 aliphatic carbocycles. The van der Waals surface area contributed by atoms with Gasteiger partial charge in [0.1, 0.15) is 6.07 Å². The molecule has 0 unspecified atom stereocenters. The molecule has 0 saturated heterocycles. The Balaban J connectivity index is 2.54. The summed E-state index contributed by atoms with van der Waals surface area (Å²) >= 11 is 0. The molecule has 0 radical (unpaired) electrons. The summed E-state index contributed by atoms with van der Waals surface area (Å²) in [6.45, 7) is 6.57. The Labute approximate surface area is 71.9 Å². The first kappa shape index (κ1) is 8.54. The third-order valence-corrected chi connectivity index (χ3v) is 1.53. The minimum absolute atomic E-state index is 0.608. The van der Waals surface area contributed by atoms with E-state index in [1.54, 1.807) is 17.1 Å². The third kappa shape index (κ3) is 2.24. The van der Waals surface area contributed by atoms with Gasteiger partial charge in [0, 0.05) is 12.7 Å². The quantitative estimate of drug-likeness (QED) is 0.633. The van der Waals surface area contributed by atoms with Crippen LogP contribution < -0.4 is 0 Å². The fourth-order valence-corrected chi connectivity index (χ4v) is 0.849. The Bertz CT molecular complexity index is 317. The molecule has 0 aliphatic heterocycles. The fraction of sp³-hybridized carbons (Fsp3) is 0.333. The van der Waals surface area contributed by atoms with Crippen molar-refractivity contribution in [3.05, 3.63) is 30.1 Å². The zero-order valence-corrected chi connectivity index (χ0v) is 7.12. The summed E-state index contributed by atoms with van der Waals surface area (Å²) in [4.78, 5) is 0. The van der Waals surface area contributed by atoms with Crippen molar-refractivity contribution >= 4 is 0 Å². The molecule has 3 heteroatoms. The fourth-order valence-electron chi connectivity index (χ4n) is 0.849. The Morgan fingerprint density at radius 3 is 3.08 bits per heavy atom. The van der Waals surface area contributed by atoms with Crippen LogP contribution in [0, 0.1) is 11.3 Å². The Kier molecular flexibility index (Phi) is 2.65. The highest BCUT2D eigenvalue weighted by atomic mass is 15.3. The van der Waals surface area contributed by atoms with E-state index in [4.69, 9.17) is 5.26 Å². The lowest BCUT2D eigenvalue weighted by atomic mass is 10.2. The average molecular weight is 161 g/mol. The van der Waals surface area contributed by atoms with Crippen LogP contribution in [-0.2, 0) is 6.54 Å². The lowest BCUT2D eigenvalue weighted by Crippen LogP contribution is -1.97. The van der Waals surface area contributed by atoms with Crippen LogP contribution >= 0.6 is 0 Å². The number of allylic oxidation sites excluding steroid dienone is 1. The highest BCUT2D eigenvalue weighted by molar-refractivity contribution is 5.21. The second-order valence-electron chi connectivity index (χ2n) is 2.81. The molecule has 1 aromatic rings. The minimum atomic E-state index is 0.608. The number of aryl methyl sites for hydroxylation is 1. The van der Waals surface area contributed by atoms with Crippen LogP contribution in [0.5, 0.6) is 0 Å². The first-order valence-corrected chi connectivity index (χ1v) is 3.79. The van der Waals surface area contributed by atoms with Gasteiger partial charge >= 0.3 is 0 Å². The number of hydrogen-bond acceptors (Lipinski definition) is 2. The highest BCUT2D eigenvalue weighted by Crippen LogP contribution is 2.00. The first-order valence-electron chi connectivity index (χ1n) is 3.79. The molecular weight excluding hydrogens is 150 g/mol. The van der Waals surface area contributed by atoms with Crippen molar-refractivity contribution in [2.75, 3.05) is 0 Å². The number of nitrogens with zero attached hydrogens (tertiary/aromatic N) is 3. The van der Waals surface area contributed by atoms with Gasteiger partial charge < -0.3 is 0 Å². The van der Waals surface area contributed by atoms with Gasteiger partial charge in [-0.3, -0.25) is 4.68 Å². The lowest BCUT2D eigenvalue weighted by molar-refractivity contribution is 0.613. The van der Waals surface area contributed by atoms with Gasteiger partial charge in [0.25, 0.3) is 0 Å². The number of rotatable bonds is 3. The maximum atomic E-state index is 8.51. The molecule has 1 aromatic heterocycles. The van der Waals surface area contributed by atoms with E-state index in [1.165, 1.54) is 0 Å². The SMILES string of the molecule is C=C(C)CCn1cc(C#N)cn1. The van der Waals surface area contributed by atoms with Crippen molar-refractivity contribution in [1.82, 2.24) is 9.78 Å². The van der Waals surface area contributed by atoms with Crippen LogP contribution in [-0.4, -0.2) is 9.78 Å². The van der Waals surface area contributed by atoms with E-state index in [0.29, 0.717) is 5.56 Å². The molecule has 62 valence electrons. The van der Waals surface area contributed by atoms with Crippen LogP contribution in [0.2, 0.25) is 0 Å². The molecule has 0 fully saturated rings. The molecule has 3 nitrogen and oxygen atoms in total. The molecule has 1 rings (SSSR count). The second-order valence-corrected chi connectivity index (χ2v) is 2.81. The normalized spacial score (nSPS) is 9.33. The minimum Gasteiger partial charge on any atom is -0.271 e. The first-order chi connectivity index (χ1) is 5.72. The van der Waals surface area contributed by atoms with E-state index in [0.717, 1.165) is 18.5 Å². The van der Waals surface area contributed by atoms with Gasteiger partial charge in [-0.15, -0.1) is 6.58 Å². The smallest absolute Gasteiger partial charge is 0.102 e. The van der Waals surface area contributed by atoms with Crippen LogP contribution in [0.25, 0.3) is 0 Å². The molecule has 0 N–H and O–H groups in total. The van der Waals surface area contributed by atoms with Crippen molar-refractivity contribution in [3.63, 3.8) is 0 Å². The van der Waals surface area contributed by atoms with Crippen molar-refractivity contribution in [2.45, 2.75) is 19.9 Å². The predicted molar refractivity (Wildman–Crippen MR) is 46.4 cm³/mol. The predicted octanol–water partition coefficient (Wildman–Crippen LogP) is 1.72. The Morgan fingerprint density at radius 2 is 2.58 bits per heavy atom. The third-order valence-electron chi connectivity index (χ3n) is 1.53. The lowest BCUT2D eigenvalue weighted by Gasteiger charge is -1.98. The summed E-state index contributed by atoms with van der Waals surface area (Å²) in [5.41, 5.74) is 1.74. The van der Waals surface area contributed by atoms with E-state index < -0.39 is 0 Å². The molecule has 0 amide bonds. The maximum absolute atomic E-state index is 8.51. The summed E-state index contributed by atoms with van der Waals surface area (Å²) in [6, 6.07) is 2.03. The van der Waals surface area contributed by atoms with Gasteiger partial charge in [-0.1, -0.05) is 5.57 Å². The monoisotopic (exact) mass is 161 g/mol. The van der Waals surface area contributed by atoms with Gasteiger partial charge in [-0.05, 0) is 13.3 Å². The van der Waals surface area contributed by atoms with Crippen molar-refractivity contribution in [3.8, 4) is 6.07 Å². The zero-order chi connectivity index (χ0) is 8.97. The van der Waals surface area contributed by atoms with E-state index >= 15 is 0 Å². The topological polar surface area (TPSA) is 41.6 Å².